The van der Waals surface area contributed by atoms with Gasteiger partial charge in [0.25, 0.3) is 0 Å². The van der Waals surface area contributed by atoms with Crippen molar-refractivity contribution in [3.63, 3.8) is 0 Å². The fourth-order valence-corrected chi connectivity index (χ4v) is 2.42. The number of hydrogen-bond acceptors (Lipinski definition) is 5. The van der Waals surface area contributed by atoms with Gasteiger partial charge in [0.05, 0.1) is 33.0 Å². The molecule has 5 nitrogen and oxygen atoms in total. The van der Waals surface area contributed by atoms with Crippen LogP contribution in [-0.4, -0.2) is 40.6 Å². The average molecular weight is 281 g/mol. The third kappa shape index (κ3) is 3.16. The second-order valence-corrected chi connectivity index (χ2v) is 4.92. The summed E-state index contributed by atoms with van der Waals surface area (Å²) < 4.78 is 21.4. The zero-order valence-corrected chi connectivity index (χ0v) is 12.6. The maximum atomic E-state index is 5.43. The molecule has 1 aromatic carbocycles. The van der Waals surface area contributed by atoms with Crippen LogP contribution in [0.4, 0.5) is 0 Å². The van der Waals surface area contributed by atoms with Gasteiger partial charge in [0.15, 0.2) is 0 Å². The summed E-state index contributed by atoms with van der Waals surface area (Å²) in [5, 5.41) is 3.51. The van der Waals surface area contributed by atoms with Gasteiger partial charge in [0.2, 0.25) is 0 Å². The number of ether oxygens (including phenoxy) is 4. The van der Waals surface area contributed by atoms with E-state index in [0.717, 1.165) is 35.7 Å². The van der Waals surface area contributed by atoms with Gasteiger partial charge in [-0.05, 0) is 12.8 Å². The van der Waals surface area contributed by atoms with Crippen molar-refractivity contribution >= 4 is 0 Å². The van der Waals surface area contributed by atoms with Crippen molar-refractivity contribution in [1.82, 2.24) is 5.32 Å². The highest BCUT2D eigenvalue weighted by atomic mass is 16.5. The lowest BCUT2D eigenvalue weighted by Gasteiger charge is -2.35. The minimum atomic E-state index is 0.396. The predicted molar refractivity (Wildman–Crippen MR) is 76.8 cm³/mol. The van der Waals surface area contributed by atoms with Crippen molar-refractivity contribution in [2.75, 3.05) is 28.4 Å². The highest BCUT2D eigenvalue weighted by Crippen LogP contribution is 2.34. The number of methoxy groups -OCH3 is 4. The molecule has 0 radical (unpaired) electrons. The zero-order valence-electron chi connectivity index (χ0n) is 12.6. The molecule has 0 spiro atoms. The monoisotopic (exact) mass is 281 g/mol. The Morgan fingerprint density at radius 2 is 1.60 bits per heavy atom. The second kappa shape index (κ2) is 6.81. The van der Waals surface area contributed by atoms with E-state index >= 15 is 0 Å². The quantitative estimate of drug-likeness (QED) is 0.828. The van der Waals surface area contributed by atoms with E-state index in [1.807, 2.05) is 12.1 Å². The molecule has 1 aliphatic rings. The van der Waals surface area contributed by atoms with E-state index in [4.69, 9.17) is 18.9 Å². The van der Waals surface area contributed by atoms with Crippen LogP contribution in [0.1, 0.15) is 18.4 Å². The first-order valence-electron chi connectivity index (χ1n) is 6.76. The maximum absolute atomic E-state index is 5.43. The van der Waals surface area contributed by atoms with Crippen LogP contribution >= 0.6 is 0 Å². The van der Waals surface area contributed by atoms with Crippen LogP contribution in [0.25, 0.3) is 0 Å². The van der Waals surface area contributed by atoms with Crippen LogP contribution in [0.15, 0.2) is 12.1 Å². The first kappa shape index (κ1) is 14.9. The smallest absolute Gasteiger partial charge is 0.130 e. The van der Waals surface area contributed by atoms with E-state index in [9.17, 15) is 0 Å². The molecule has 5 heteroatoms. The molecule has 0 amide bonds. The Bertz CT molecular complexity index is 418. The summed E-state index contributed by atoms with van der Waals surface area (Å²) in [6, 6.07) is 4.24. The molecule has 0 atom stereocenters. The third-order valence-electron chi connectivity index (χ3n) is 3.81. The number of nitrogens with one attached hydrogen (secondary N) is 1. The van der Waals surface area contributed by atoms with E-state index in [0.29, 0.717) is 18.7 Å². The molecule has 0 aliphatic heterocycles. The van der Waals surface area contributed by atoms with E-state index < -0.39 is 0 Å². The Labute approximate surface area is 120 Å². The van der Waals surface area contributed by atoms with Crippen LogP contribution < -0.4 is 19.5 Å². The highest BCUT2D eigenvalue weighted by Gasteiger charge is 2.28. The summed E-state index contributed by atoms with van der Waals surface area (Å²) in [4.78, 5) is 0. The van der Waals surface area contributed by atoms with Gasteiger partial charge in [-0.2, -0.15) is 0 Å². The van der Waals surface area contributed by atoms with Gasteiger partial charge in [0, 0.05) is 31.8 Å². The first-order chi connectivity index (χ1) is 9.71. The molecule has 2 rings (SSSR count). The molecule has 0 saturated heterocycles. The van der Waals surface area contributed by atoms with Crippen LogP contribution in [-0.2, 0) is 11.3 Å². The number of rotatable bonds is 7. The fourth-order valence-electron chi connectivity index (χ4n) is 2.42. The Balaban J connectivity index is 2.05. The van der Waals surface area contributed by atoms with Crippen LogP contribution in [0.2, 0.25) is 0 Å². The molecule has 20 heavy (non-hydrogen) atoms. The van der Waals surface area contributed by atoms with Crippen molar-refractivity contribution in [2.45, 2.75) is 31.5 Å². The Kier molecular flexibility index (Phi) is 5.09. The Morgan fingerprint density at radius 3 is 2.05 bits per heavy atom. The lowest BCUT2D eigenvalue weighted by atomic mass is 9.89. The van der Waals surface area contributed by atoms with Gasteiger partial charge in [-0.25, -0.2) is 0 Å². The topological polar surface area (TPSA) is 49.0 Å². The minimum absolute atomic E-state index is 0.396. The van der Waals surface area contributed by atoms with E-state index in [1.165, 1.54) is 0 Å². The second-order valence-electron chi connectivity index (χ2n) is 4.92. The molecule has 0 aromatic heterocycles. The van der Waals surface area contributed by atoms with Gasteiger partial charge in [0.1, 0.15) is 17.2 Å². The highest BCUT2D eigenvalue weighted by molar-refractivity contribution is 5.50. The largest absolute Gasteiger partial charge is 0.496 e. The predicted octanol–water partition coefficient (Wildman–Crippen LogP) is 1.98. The molecule has 1 aromatic rings. The normalized spacial score (nSPS) is 21.2. The maximum Gasteiger partial charge on any atom is 0.130 e. The molecule has 1 fully saturated rings. The van der Waals surface area contributed by atoms with E-state index in [2.05, 4.69) is 5.32 Å². The van der Waals surface area contributed by atoms with Crippen molar-refractivity contribution in [3.8, 4) is 17.2 Å². The lowest BCUT2D eigenvalue weighted by Crippen LogP contribution is -2.44. The Hall–Kier alpha value is -1.46. The summed E-state index contributed by atoms with van der Waals surface area (Å²) in [5.41, 5.74) is 1.01. The van der Waals surface area contributed by atoms with Gasteiger partial charge in [-0.1, -0.05) is 0 Å². The molecule has 1 N–H and O–H groups in total. The lowest BCUT2D eigenvalue weighted by molar-refractivity contribution is 0.0169. The number of hydrogen-bond donors (Lipinski definition) is 1. The van der Waals surface area contributed by atoms with Crippen molar-refractivity contribution in [3.05, 3.63) is 17.7 Å². The summed E-state index contributed by atoms with van der Waals surface area (Å²) in [6.07, 6.45) is 2.50. The summed E-state index contributed by atoms with van der Waals surface area (Å²) in [7, 11) is 6.70. The van der Waals surface area contributed by atoms with E-state index in [1.54, 1.807) is 28.4 Å². The van der Waals surface area contributed by atoms with Crippen molar-refractivity contribution in [1.29, 1.82) is 0 Å². The van der Waals surface area contributed by atoms with Crippen LogP contribution in [0.3, 0.4) is 0 Å². The zero-order chi connectivity index (χ0) is 14.5. The SMILES string of the molecule is COc1cc(OC)c(CNC2CC(OC)C2)c(OC)c1. The van der Waals surface area contributed by atoms with Gasteiger partial charge >= 0.3 is 0 Å². The van der Waals surface area contributed by atoms with Crippen LogP contribution in [0, 0.1) is 0 Å². The van der Waals surface area contributed by atoms with E-state index in [-0.39, 0.29) is 0 Å². The molecule has 1 saturated carbocycles. The molecular formula is C15H23NO4. The molecule has 112 valence electrons. The van der Waals surface area contributed by atoms with Crippen molar-refractivity contribution < 1.29 is 18.9 Å². The van der Waals surface area contributed by atoms with Gasteiger partial charge < -0.3 is 24.3 Å². The molecule has 0 heterocycles. The Morgan fingerprint density at radius 1 is 1.00 bits per heavy atom. The molecule has 1 aliphatic carbocycles. The summed E-state index contributed by atoms with van der Waals surface area (Å²) in [5.74, 6) is 2.28. The standard InChI is InChI=1S/C15H23NO4/c1-17-11-5-10(6-11)16-9-13-14(19-3)7-12(18-2)8-15(13)20-4/h7-8,10-11,16H,5-6,9H2,1-4H3. The summed E-state index contributed by atoms with van der Waals surface area (Å²) >= 11 is 0. The average Bonchev–Trinajstić information content (AvgIpc) is 2.45. The third-order valence-corrected chi connectivity index (χ3v) is 3.81. The van der Waals surface area contributed by atoms with Crippen LogP contribution in [0.5, 0.6) is 17.2 Å². The first-order valence-corrected chi connectivity index (χ1v) is 6.76. The molecular weight excluding hydrogens is 258 g/mol. The minimum Gasteiger partial charge on any atom is -0.496 e. The van der Waals surface area contributed by atoms with Gasteiger partial charge in [-0.3, -0.25) is 0 Å². The fraction of sp³-hybridized carbons (Fsp3) is 0.600. The number of benzene rings is 1. The summed E-state index contributed by atoms with van der Waals surface area (Å²) in [6.45, 7) is 0.706. The molecule has 0 bridgehead atoms. The molecule has 0 unspecified atom stereocenters. The van der Waals surface area contributed by atoms with Crippen molar-refractivity contribution in [2.24, 2.45) is 0 Å². The van der Waals surface area contributed by atoms with Gasteiger partial charge in [-0.15, -0.1) is 0 Å².